The Morgan fingerprint density at radius 3 is 2.80 bits per heavy atom. The van der Waals surface area contributed by atoms with Crippen LogP contribution in [0.3, 0.4) is 0 Å². The van der Waals surface area contributed by atoms with Crippen LogP contribution in [0.2, 0.25) is 0 Å². The van der Waals surface area contributed by atoms with Crippen LogP contribution in [0.5, 0.6) is 0 Å². The molecule has 2 unspecified atom stereocenters. The summed E-state index contributed by atoms with van der Waals surface area (Å²) in [5.74, 6) is 3.62. The van der Waals surface area contributed by atoms with Crippen LogP contribution in [0.1, 0.15) is 47.6 Å². The minimum absolute atomic E-state index is 0.445. The zero-order valence-electron chi connectivity index (χ0n) is 11.4. The van der Waals surface area contributed by atoms with Gasteiger partial charge in [0.1, 0.15) is 5.82 Å². The molecule has 0 saturated heterocycles. The molecule has 0 radical (unpaired) electrons. The molecule has 0 bridgehead atoms. The quantitative estimate of drug-likeness (QED) is 0.904. The van der Waals surface area contributed by atoms with Crippen LogP contribution in [0, 0.1) is 5.92 Å². The molecule has 1 aromatic carbocycles. The lowest BCUT2D eigenvalue weighted by Gasteiger charge is -2.31. The molecule has 5 rings (SSSR count). The van der Waals surface area contributed by atoms with Crippen LogP contribution < -0.4 is 5.32 Å². The first-order valence-corrected chi connectivity index (χ1v) is 7.66. The first-order valence-electron chi connectivity index (χ1n) is 7.66. The van der Waals surface area contributed by atoms with Crippen molar-refractivity contribution in [2.45, 2.75) is 37.8 Å². The van der Waals surface area contributed by atoms with Gasteiger partial charge in [0.25, 0.3) is 0 Å². The molecule has 2 heterocycles. The number of hydrogen-bond acceptors (Lipinski definition) is 3. The van der Waals surface area contributed by atoms with Crippen molar-refractivity contribution < 1.29 is 0 Å². The summed E-state index contributed by atoms with van der Waals surface area (Å²) in [6, 6.07) is 9.17. The number of aromatic nitrogens is 3. The summed E-state index contributed by atoms with van der Waals surface area (Å²) in [7, 11) is 0. The minimum Gasteiger partial charge on any atom is -0.312 e. The van der Waals surface area contributed by atoms with E-state index < -0.39 is 0 Å². The summed E-state index contributed by atoms with van der Waals surface area (Å²) >= 11 is 0. The number of rotatable bonds is 2. The Labute approximate surface area is 118 Å². The molecule has 4 nitrogen and oxygen atoms in total. The second-order valence-corrected chi connectivity index (χ2v) is 6.29. The molecular weight excluding hydrogens is 248 g/mol. The number of fused-ring (bicyclic) bond motifs is 2. The van der Waals surface area contributed by atoms with E-state index >= 15 is 0 Å². The van der Waals surface area contributed by atoms with Crippen molar-refractivity contribution in [1.82, 2.24) is 20.1 Å². The van der Waals surface area contributed by atoms with Gasteiger partial charge in [0, 0.05) is 19.0 Å². The Morgan fingerprint density at radius 2 is 1.95 bits per heavy atom. The molecular formula is C16H18N4. The molecule has 0 spiro atoms. The van der Waals surface area contributed by atoms with Gasteiger partial charge in [0.15, 0.2) is 5.82 Å². The maximum absolute atomic E-state index is 4.55. The molecule has 1 aromatic heterocycles. The maximum atomic E-state index is 4.55. The molecule has 2 aliphatic carbocycles. The molecule has 1 fully saturated rings. The molecule has 2 atom stereocenters. The minimum atomic E-state index is 0.445. The van der Waals surface area contributed by atoms with Crippen molar-refractivity contribution in [3.63, 3.8) is 0 Å². The van der Waals surface area contributed by atoms with Crippen LogP contribution >= 0.6 is 0 Å². The first kappa shape index (κ1) is 11.0. The second-order valence-electron chi connectivity index (χ2n) is 6.29. The fraction of sp³-hybridized carbons (Fsp3) is 0.500. The van der Waals surface area contributed by atoms with Gasteiger partial charge in [-0.2, -0.15) is 0 Å². The van der Waals surface area contributed by atoms with E-state index in [-0.39, 0.29) is 0 Å². The fourth-order valence-corrected chi connectivity index (χ4v) is 3.76. The second kappa shape index (κ2) is 3.92. The Hall–Kier alpha value is -1.68. The summed E-state index contributed by atoms with van der Waals surface area (Å²) < 4.78 is 2.39. The van der Waals surface area contributed by atoms with Gasteiger partial charge in [-0.3, -0.25) is 0 Å². The lowest BCUT2D eigenvalue weighted by Crippen LogP contribution is -2.36. The summed E-state index contributed by atoms with van der Waals surface area (Å²) in [6.45, 7) is 2.06. The third-order valence-electron chi connectivity index (χ3n) is 5.05. The van der Waals surface area contributed by atoms with Crippen LogP contribution in [0.4, 0.5) is 0 Å². The average molecular weight is 266 g/mol. The highest BCUT2D eigenvalue weighted by Gasteiger charge is 2.39. The van der Waals surface area contributed by atoms with Crippen molar-refractivity contribution in [1.29, 1.82) is 0 Å². The van der Waals surface area contributed by atoms with Crippen LogP contribution in [0.25, 0.3) is 0 Å². The van der Waals surface area contributed by atoms with Crippen molar-refractivity contribution >= 4 is 0 Å². The molecule has 1 saturated carbocycles. The zero-order valence-corrected chi connectivity index (χ0v) is 11.4. The molecule has 1 N–H and O–H groups in total. The van der Waals surface area contributed by atoms with E-state index in [1.54, 1.807) is 0 Å². The molecule has 4 heteroatoms. The van der Waals surface area contributed by atoms with Gasteiger partial charge in [0.2, 0.25) is 0 Å². The normalized spacial score (nSPS) is 27.6. The van der Waals surface area contributed by atoms with Gasteiger partial charge in [-0.05, 0) is 36.3 Å². The van der Waals surface area contributed by atoms with E-state index in [9.17, 15) is 0 Å². The van der Waals surface area contributed by atoms with Gasteiger partial charge >= 0.3 is 0 Å². The van der Waals surface area contributed by atoms with Crippen molar-refractivity contribution in [2.24, 2.45) is 5.92 Å². The van der Waals surface area contributed by atoms with Gasteiger partial charge in [-0.15, -0.1) is 10.2 Å². The third kappa shape index (κ3) is 1.45. The van der Waals surface area contributed by atoms with Crippen LogP contribution in [-0.4, -0.2) is 21.3 Å². The zero-order chi connectivity index (χ0) is 13.1. The van der Waals surface area contributed by atoms with Crippen LogP contribution in [-0.2, 0) is 13.0 Å². The largest absolute Gasteiger partial charge is 0.312 e. The first-order chi connectivity index (χ1) is 9.92. The summed E-state index contributed by atoms with van der Waals surface area (Å²) in [5.41, 5.74) is 2.92. The lowest BCUT2D eigenvalue weighted by atomic mass is 9.77. The highest BCUT2D eigenvalue weighted by atomic mass is 15.3. The van der Waals surface area contributed by atoms with E-state index in [1.807, 2.05) is 0 Å². The predicted molar refractivity (Wildman–Crippen MR) is 75.5 cm³/mol. The topological polar surface area (TPSA) is 42.7 Å². The maximum Gasteiger partial charge on any atom is 0.150 e. The van der Waals surface area contributed by atoms with Gasteiger partial charge in [-0.25, -0.2) is 0 Å². The Bertz CT molecular complexity index is 671. The van der Waals surface area contributed by atoms with E-state index in [0.29, 0.717) is 12.0 Å². The Balaban J connectivity index is 1.54. The Kier molecular flexibility index (Phi) is 2.16. The van der Waals surface area contributed by atoms with Crippen molar-refractivity contribution in [3.05, 3.63) is 47.0 Å². The van der Waals surface area contributed by atoms with Crippen molar-refractivity contribution in [2.75, 3.05) is 6.54 Å². The van der Waals surface area contributed by atoms with Crippen molar-refractivity contribution in [3.8, 4) is 0 Å². The molecule has 1 aliphatic heterocycles. The summed E-state index contributed by atoms with van der Waals surface area (Å²) in [4.78, 5) is 0. The molecule has 20 heavy (non-hydrogen) atoms. The van der Waals surface area contributed by atoms with Gasteiger partial charge < -0.3 is 9.88 Å². The SMILES string of the molecule is c1ccc2c(c1)CC2c1nnc2n1CCNC2C1CC1. The lowest BCUT2D eigenvalue weighted by molar-refractivity contribution is 0.373. The molecule has 3 aliphatic rings. The highest BCUT2D eigenvalue weighted by molar-refractivity contribution is 5.44. The monoisotopic (exact) mass is 266 g/mol. The van der Waals surface area contributed by atoms with E-state index in [0.717, 1.165) is 25.4 Å². The highest BCUT2D eigenvalue weighted by Crippen LogP contribution is 2.44. The van der Waals surface area contributed by atoms with Gasteiger partial charge in [-0.1, -0.05) is 24.3 Å². The van der Waals surface area contributed by atoms with E-state index in [4.69, 9.17) is 0 Å². The van der Waals surface area contributed by atoms with Crippen LogP contribution in [0.15, 0.2) is 24.3 Å². The van der Waals surface area contributed by atoms with E-state index in [2.05, 4.69) is 44.3 Å². The smallest absolute Gasteiger partial charge is 0.150 e. The number of hydrogen-bond donors (Lipinski definition) is 1. The molecule has 2 aromatic rings. The number of nitrogens with zero attached hydrogens (tertiary/aromatic N) is 3. The predicted octanol–water partition coefficient (Wildman–Crippen LogP) is 2.02. The fourth-order valence-electron chi connectivity index (χ4n) is 3.76. The summed E-state index contributed by atoms with van der Waals surface area (Å²) in [5, 5.41) is 12.7. The number of nitrogens with one attached hydrogen (secondary N) is 1. The Morgan fingerprint density at radius 1 is 1.10 bits per heavy atom. The average Bonchev–Trinajstić information content (AvgIpc) is 3.21. The van der Waals surface area contributed by atoms with Gasteiger partial charge in [0.05, 0.1) is 6.04 Å². The molecule has 102 valence electrons. The third-order valence-corrected chi connectivity index (χ3v) is 5.05. The number of benzene rings is 1. The summed E-state index contributed by atoms with van der Waals surface area (Å²) in [6.07, 6.45) is 3.80. The van der Waals surface area contributed by atoms with E-state index in [1.165, 1.54) is 35.6 Å². The standard InChI is InChI=1S/C16H18N4/c1-2-4-12-11(3-1)9-13(12)15-18-19-16-14(10-5-6-10)17-7-8-20(15)16/h1-4,10,13-14,17H,5-9H2. The molecule has 0 amide bonds.